The number of nitrogens with one attached hydrogen (secondary N) is 2. The summed E-state index contributed by atoms with van der Waals surface area (Å²) in [6, 6.07) is 7.28. The van der Waals surface area contributed by atoms with Gasteiger partial charge in [0.25, 0.3) is 0 Å². The van der Waals surface area contributed by atoms with Crippen molar-refractivity contribution >= 4 is 35.1 Å². The van der Waals surface area contributed by atoms with Crippen molar-refractivity contribution in [3.05, 3.63) is 41.0 Å². The molecule has 0 atom stereocenters. The highest BCUT2D eigenvalue weighted by Crippen LogP contribution is 2.32. The summed E-state index contributed by atoms with van der Waals surface area (Å²) >= 11 is 6.23. The zero-order chi connectivity index (χ0) is 18.8. The number of carbonyl (C=O) groups excluding carboxylic acids is 1. The Morgan fingerprint density at radius 3 is 2.71 bits per heavy atom. The maximum absolute atomic E-state index is 12.5. The van der Waals surface area contributed by atoms with Gasteiger partial charge < -0.3 is 10.4 Å². The van der Waals surface area contributed by atoms with E-state index in [0.717, 1.165) is 31.2 Å². The molecular formula is C20H26ClN5O2. The predicted octanol–water partition coefficient (Wildman–Crippen LogP) is 4.28. The van der Waals surface area contributed by atoms with E-state index < -0.39 is 0 Å². The van der Waals surface area contributed by atoms with Gasteiger partial charge in [-0.2, -0.15) is 4.98 Å². The van der Waals surface area contributed by atoms with Crippen LogP contribution in [0.2, 0.25) is 5.02 Å². The first-order valence-corrected chi connectivity index (χ1v) is 9.58. The van der Waals surface area contributed by atoms with Crippen molar-refractivity contribution in [3.63, 3.8) is 0 Å². The van der Waals surface area contributed by atoms with Crippen LogP contribution >= 0.6 is 11.6 Å². The number of hydrogen-bond donors (Lipinski definition) is 3. The van der Waals surface area contributed by atoms with Crippen LogP contribution in [0.15, 0.2) is 30.5 Å². The quantitative estimate of drug-likeness (QED) is 0.708. The largest absolute Gasteiger partial charge is 0.396 e. The fraction of sp³-hybridized carbons (Fsp3) is 0.450. The fourth-order valence-electron chi connectivity index (χ4n) is 3.65. The van der Waals surface area contributed by atoms with Crippen molar-refractivity contribution in [1.82, 2.24) is 9.97 Å². The summed E-state index contributed by atoms with van der Waals surface area (Å²) < 4.78 is 0. The Bertz CT molecular complexity index is 839. The summed E-state index contributed by atoms with van der Waals surface area (Å²) in [5, 5.41) is 16.0. The van der Waals surface area contributed by atoms with Crippen LogP contribution in [0.1, 0.15) is 38.7 Å². The Morgan fingerprint density at radius 2 is 2.00 bits per heavy atom. The Kier molecular flexibility index (Phi) is 6.36. The third-order valence-electron chi connectivity index (χ3n) is 5.24. The molecule has 28 heavy (non-hydrogen) atoms. The van der Waals surface area contributed by atoms with E-state index in [1.54, 1.807) is 17.2 Å². The van der Waals surface area contributed by atoms with E-state index in [0.29, 0.717) is 41.0 Å². The van der Waals surface area contributed by atoms with Gasteiger partial charge in [0, 0.05) is 24.4 Å². The predicted molar refractivity (Wildman–Crippen MR) is 112 cm³/mol. The Hall–Kier alpha value is -2.38. The van der Waals surface area contributed by atoms with Crippen LogP contribution in [0.3, 0.4) is 0 Å². The van der Waals surface area contributed by atoms with E-state index in [2.05, 4.69) is 20.6 Å². The molecule has 0 bridgehead atoms. The standard InChI is InChI=1S/C19H22ClN5O2.CH4/c20-15-3-1-2-4-16(15)25-10-13-9-21-18(23-17(13)24-19(25)27)22-14-7-5-12(11-26)6-8-14;/h1-4,9,12,14,26H,5-8,10-11H2,(H2,21,22,23,24,27);1H4. The molecule has 1 aliphatic carbocycles. The Balaban J connectivity index is 0.00000225. The molecule has 2 aliphatic rings. The number of benzene rings is 1. The lowest BCUT2D eigenvalue weighted by Crippen LogP contribution is -2.39. The number of rotatable bonds is 4. The number of fused-ring (bicyclic) bond motifs is 1. The van der Waals surface area contributed by atoms with Crippen LogP contribution in [0, 0.1) is 5.92 Å². The number of aliphatic hydroxyl groups excluding tert-OH is 1. The van der Waals surface area contributed by atoms with Gasteiger partial charge in [-0.05, 0) is 43.7 Å². The van der Waals surface area contributed by atoms with Gasteiger partial charge in [-0.1, -0.05) is 31.2 Å². The number of para-hydroxylation sites is 1. The minimum atomic E-state index is -0.260. The van der Waals surface area contributed by atoms with Gasteiger partial charge in [-0.25, -0.2) is 9.78 Å². The fourth-order valence-corrected chi connectivity index (χ4v) is 3.89. The maximum Gasteiger partial charge on any atom is 0.327 e. The normalized spacial score (nSPS) is 21.4. The molecule has 2 amide bonds. The summed E-state index contributed by atoms with van der Waals surface area (Å²) in [6.07, 6.45) is 5.72. The molecule has 4 rings (SSSR count). The topological polar surface area (TPSA) is 90.4 Å². The highest BCUT2D eigenvalue weighted by molar-refractivity contribution is 6.34. The summed E-state index contributed by atoms with van der Waals surface area (Å²) in [7, 11) is 0. The molecule has 2 heterocycles. The van der Waals surface area contributed by atoms with Gasteiger partial charge in [0.05, 0.1) is 17.3 Å². The second kappa shape index (κ2) is 8.75. The van der Waals surface area contributed by atoms with E-state index in [9.17, 15) is 9.90 Å². The lowest BCUT2D eigenvalue weighted by atomic mass is 9.87. The van der Waals surface area contributed by atoms with Gasteiger partial charge >= 0.3 is 6.03 Å². The van der Waals surface area contributed by atoms with E-state index in [4.69, 9.17) is 11.6 Å². The number of nitrogens with zero attached hydrogens (tertiary/aromatic N) is 3. The third kappa shape index (κ3) is 4.20. The average molecular weight is 404 g/mol. The smallest absolute Gasteiger partial charge is 0.327 e. The number of urea groups is 1. The number of halogens is 1. The third-order valence-corrected chi connectivity index (χ3v) is 5.56. The molecule has 3 N–H and O–H groups in total. The lowest BCUT2D eigenvalue weighted by molar-refractivity contribution is 0.185. The van der Waals surface area contributed by atoms with Crippen LogP contribution in [0.5, 0.6) is 0 Å². The highest BCUT2D eigenvalue weighted by atomic mass is 35.5. The number of aromatic nitrogens is 2. The first kappa shape index (κ1) is 20.4. The summed E-state index contributed by atoms with van der Waals surface area (Å²) in [6.45, 7) is 0.628. The zero-order valence-electron chi connectivity index (χ0n) is 14.9. The van der Waals surface area contributed by atoms with Gasteiger partial charge in [0.15, 0.2) is 0 Å². The monoisotopic (exact) mass is 403 g/mol. The van der Waals surface area contributed by atoms with Crippen LogP contribution in [-0.2, 0) is 6.54 Å². The van der Waals surface area contributed by atoms with Crippen LogP contribution < -0.4 is 15.5 Å². The van der Waals surface area contributed by atoms with Gasteiger partial charge in [-0.3, -0.25) is 10.2 Å². The van der Waals surface area contributed by atoms with Crippen molar-refractivity contribution in [2.24, 2.45) is 5.92 Å². The number of aliphatic hydroxyl groups is 1. The second-order valence-electron chi connectivity index (χ2n) is 7.08. The number of anilines is 3. The SMILES string of the molecule is C.O=C1Nc2nc(NC3CCC(CO)CC3)ncc2CN1c1ccccc1Cl. The molecule has 1 fully saturated rings. The molecule has 1 aliphatic heterocycles. The van der Waals surface area contributed by atoms with E-state index in [-0.39, 0.29) is 20.1 Å². The molecule has 0 saturated heterocycles. The number of amides is 2. The van der Waals surface area contributed by atoms with Crippen LogP contribution in [0.25, 0.3) is 0 Å². The van der Waals surface area contributed by atoms with Gasteiger partial charge in [0.1, 0.15) is 5.82 Å². The van der Waals surface area contributed by atoms with Gasteiger partial charge in [-0.15, -0.1) is 0 Å². The van der Waals surface area contributed by atoms with Crippen molar-refractivity contribution < 1.29 is 9.90 Å². The summed E-state index contributed by atoms with van der Waals surface area (Å²) in [5.41, 5.74) is 1.49. The summed E-state index contributed by atoms with van der Waals surface area (Å²) in [4.78, 5) is 23.0. The van der Waals surface area contributed by atoms with Crippen LogP contribution in [0.4, 0.5) is 22.2 Å². The number of carbonyl (C=O) groups is 1. The van der Waals surface area contributed by atoms with E-state index in [1.807, 2.05) is 18.2 Å². The maximum atomic E-state index is 12.5. The molecule has 0 radical (unpaired) electrons. The first-order chi connectivity index (χ1) is 13.1. The highest BCUT2D eigenvalue weighted by Gasteiger charge is 2.27. The molecule has 1 aromatic carbocycles. The zero-order valence-corrected chi connectivity index (χ0v) is 15.6. The van der Waals surface area contributed by atoms with Gasteiger partial charge in [0.2, 0.25) is 5.95 Å². The molecule has 8 heteroatoms. The lowest BCUT2D eigenvalue weighted by Gasteiger charge is -2.30. The molecule has 0 unspecified atom stereocenters. The molecule has 7 nitrogen and oxygen atoms in total. The van der Waals surface area contributed by atoms with Crippen molar-refractivity contribution in [3.8, 4) is 0 Å². The first-order valence-electron chi connectivity index (χ1n) is 9.20. The molecule has 150 valence electrons. The average Bonchev–Trinajstić information content (AvgIpc) is 2.69. The van der Waals surface area contributed by atoms with Crippen LogP contribution in [-0.4, -0.2) is 33.8 Å². The van der Waals surface area contributed by atoms with Crippen molar-refractivity contribution in [2.75, 3.05) is 22.1 Å². The second-order valence-corrected chi connectivity index (χ2v) is 7.49. The van der Waals surface area contributed by atoms with E-state index in [1.165, 1.54) is 0 Å². The van der Waals surface area contributed by atoms with Crippen molar-refractivity contribution in [1.29, 1.82) is 0 Å². The molecule has 0 spiro atoms. The minimum absolute atomic E-state index is 0. The minimum Gasteiger partial charge on any atom is -0.396 e. The molecule has 2 aromatic rings. The van der Waals surface area contributed by atoms with Crippen molar-refractivity contribution in [2.45, 2.75) is 45.7 Å². The molecule has 1 aromatic heterocycles. The molecule has 1 saturated carbocycles. The molecular weight excluding hydrogens is 378 g/mol. The number of hydrogen-bond acceptors (Lipinski definition) is 5. The Morgan fingerprint density at radius 1 is 1.25 bits per heavy atom. The summed E-state index contributed by atoms with van der Waals surface area (Å²) in [5.74, 6) is 1.46. The van der Waals surface area contributed by atoms with E-state index >= 15 is 0 Å². The Labute approximate surface area is 170 Å².